The van der Waals surface area contributed by atoms with Gasteiger partial charge in [0.25, 0.3) is 0 Å². The Bertz CT molecular complexity index is 4170. The normalized spacial score (nSPS) is 12.1. The quantitative estimate of drug-likeness (QED) is 0.178. The van der Waals surface area contributed by atoms with Gasteiger partial charge in [-0.1, -0.05) is 121 Å². The van der Waals surface area contributed by atoms with E-state index in [4.69, 9.17) is 14.4 Å². The van der Waals surface area contributed by atoms with Gasteiger partial charge in [0.05, 0.1) is 50.2 Å². The summed E-state index contributed by atoms with van der Waals surface area (Å²) >= 11 is 0. The van der Waals surface area contributed by atoms with Crippen LogP contribution in [-0.4, -0.2) is 19.1 Å². The van der Waals surface area contributed by atoms with Gasteiger partial charge in [-0.2, -0.15) is 0 Å². The second kappa shape index (κ2) is 13.0. The largest absolute Gasteiger partial charge is 0.456 e. The third-order valence-corrected chi connectivity index (χ3v) is 13.1. The maximum absolute atomic E-state index is 6.22. The molecule has 0 radical (unpaired) electrons. The molecule has 4 heterocycles. The van der Waals surface area contributed by atoms with Crippen molar-refractivity contribution in [3.05, 3.63) is 206 Å². The smallest absolute Gasteiger partial charge is 0.135 e. The molecule has 0 saturated carbocycles. The van der Waals surface area contributed by atoms with Crippen LogP contribution in [0.25, 0.3) is 132 Å². The van der Waals surface area contributed by atoms with Crippen LogP contribution < -0.4 is 0 Å². The topological polar surface area (TPSA) is 48.8 Å². The lowest BCUT2D eigenvalue weighted by molar-refractivity contribution is 0.669. The van der Waals surface area contributed by atoms with E-state index in [2.05, 4.69) is 179 Å². The number of para-hydroxylation sites is 6. The van der Waals surface area contributed by atoms with Crippen LogP contribution in [0.3, 0.4) is 0 Å². The molecule has 0 spiro atoms. The lowest BCUT2D eigenvalue weighted by Gasteiger charge is -2.15. The first-order chi connectivity index (χ1) is 31.2. The van der Waals surface area contributed by atoms with E-state index in [-0.39, 0.29) is 0 Å². The van der Waals surface area contributed by atoms with Crippen molar-refractivity contribution < 1.29 is 4.42 Å². The monoisotopic (exact) mass is 802 g/mol. The Morgan fingerprint density at radius 2 is 0.937 bits per heavy atom. The molecule has 0 aliphatic rings. The average molecular weight is 803 g/mol. The first-order valence-electron chi connectivity index (χ1n) is 21.4. The van der Waals surface area contributed by atoms with Crippen LogP contribution in [0.15, 0.2) is 211 Å². The van der Waals surface area contributed by atoms with E-state index in [9.17, 15) is 0 Å². The number of nitrogens with zero attached hydrogens (tertiary/aromatic N) is 4. The van der Waals surface area contributed by atoms with Crippen molar-refractivity contribution in [2.24, 2.45) is 0 Å². The lowest BCUT2D eigenvalue weighted by Crippen LogP contribution is -1.98. The second-order valence-electron chi connectivity index (χ2n) is 16.5. The molecule has 0 unspecified atom stereocenters. The van der Waals surface area contributed by atoms with Gasteiger partial charge in [-0.15, -0.1) is 0 Å². The summed E-state index contributed by atoms with van der Waals surface area (Å²) in [5.41, 5.74) is 14.2. The Hall–Kier alpha value is -8.54. The molecule has 292 valence electrons. The van der Waals surface area contributed by atoms with Crippen molar-refractivity contribution in [3.63, 3.8) is 0 Å². The summed E-state index contributed by atoms with van der Waals surface area (Å²) < 4.78 is 11.1. The van der Waals surface area contributed by atoms with Gasteiger partial charge in [0, 0.05) is 54.5 Å². The number of fused-ring (bicyclic) bond motifs is 12. The third kappa shape index (κ3) is 4.99. The maximum atomic E-state index is 6.22. The maximum Gasteiger partial charge on any atom is 0.135 e. The van der Waals surface area contributed by atoms with Crippen LogP contribution in [0, 0.1) is 0 Å². The van der Waals surface area contributed by atoms with E-state index >= 15 is 0 Å². The molecule has 4 aromatic heterocycles. The summed E-state index contributed by atoms with van der Waals surface area (Å²) in [6.07, 6.45) is 0. The zero-order valence-corrected chi connectivity index (χ0v) is 33.8. The molecule has 0 atom stereocenters. The van der Waals surface area contributed by atoms with Gasteiger partial charge in [0.2, 0.25) is 0 Å². The first-order valence-corrected chi connectivity index (χ1v) is 21.4. The number of rotatable bonds is 4. The lowest BCUT2D eigenvalue weighted by atomic mass is 9.97. The number of hydrogen-bond donors (Lipinski definition) is 0. The molecule has 14 rings (SSSR count). The number of benzene rings is 10. The summed E-state index contributed by atoms with van der Waals surface area (Å²) in [5, 5.41) is 11.8. The van der Waals surface area contributed by atoms with E-state index in [1.807, 2.05) is 36.4 Å². The van der Waals surface area contributed by atoms with Crippen molar-refractivity contribution in [2.45, 2.75) is 0 Å². The van der Waals surface area contributed by atoms with Crippen molar-refractivity contribution >= 4 is 98.1 Å². The third-order valence-electron chi connectivity index (χ3n) is 13.1. The molecule has 5 heteroatoms. The van der Waals surface area contributed by atoms with Crippen LogP contribution in [-0.2, 0) is 0 Å². The van der Waals surface area contributed by atoms with E-state index in [0.29, 0.717) is 0 Å². The second-order valence-corrected chi connectivity index (χ2v) is 16.5. The predicted octanol–water partition coefficient (Wildman–Crippen LogP) is 15.4. The van der Waals surface area contributed by atoms with Gasteiger partial charge >= 0.3 is 0 Å². The van der Waals surface area contributed by atoms with E-state index in [1.54, 1.807) is 0 Å². The van der Waals surface area contributed by atoms with E-state index in [0.717, 1.165) is 77.5 Å². The minimum absolute atomic E-state index is 0.839. The number of furan rings is 1. The van der Waals surface area contributed by atoms with Crippen LogP contribution in [0.2, 0.25) is 0 Å². The van der Waals surface area contributed by atoms with Gasteiger partial charge in [-0.25, -0.2) is 9.97 Å². The van der Waals surface area contributed by atoms with Crippen molar-refractivity contribution in [1.29, 1.82) is 0 Å². The molecule has 0 saturated heterocycles. The standard InChI is InChI=1S/C58H34N4O/c1-8-23-51-40(15-1)41-16-2-9-24-52(41)62(51)53-25-12-14-36-32-46-42-17-3-7-22-50(42)61(54(46)34-45(36)53)38-28-29-39-35(31-38)13-11-19-44(39)58-57(59-48-20-5-6-21-49(48)60-58)37-27-30-56-47(33-37)43-18-4-10-26-55(43)63-56/h1-34H. The fourth-order valence-electron chi connectivity index (χ4n) is 10.3. The van der Waals surface area contributed by atoms with Crippen molar-refractivity contribution in [1.82, 2.24) is 19.1 Å². The summed E-state index contributed by atoms with van der Waals surface area (Å²) in [5.74, 6) is 0. The van der Waals surface area contributed by atoms with Crippen LogP contribution >= 0.6 is 0 Å². The van der Waals surface area contributed by atoms with E-state index < -0.39 is 0 Å². The average Bonchev–Trinajstić information content (AvgIpc) is 3.99. The van der Waals surface area contributed by atoms with E-state index in [1.165, 1.54) is 54.6 Å². The molecule has 0 N–H and O–H groups in total. The minimum Gasteiger partial charge on any atom is -0.456 e. The summed E-state index contributed by atoms with van der Waals surface area (Å²) in [6, 6.07) is 73.8. The number of aromatic nitrogens is 4. The minimum atomic E-state index is 0.839. The molecule has 14 aromatic rings. The highest BCUT2D eigenvalue weighted by atomic mass is 16.3. The Morgan fingerprint density at radius 3 is 1.70 bits per heavy atom. The highest BCUT2D eigenvalue weighted by Crippen LogP contribution is 2.42. The van der Waals surface area contributed by atoms with Crippen LogP contribution in [0.1, 0.15) is 0 Å². The Morgan fingerprint density at radius 1 is 0.333 bits per heavy atom. The molecule has 63 heavy (non-hydrogen) atoms. The Balaban J connectivity index is 0.981. The number of hydrogen-bond acceptors (Lipinski definition) is 3. The predicted molar refractivity (Wildman–Crippen MR) is 261 cm³/mol. The highest BCUT2D eigenvalue weighted by molar-refractivity contribution is 6.16. The zero-order valence-electron chi connectivity index (χ0n) is 33.8. The van der Waals surface area contributed by atoms with Crippen molar-refractivity contribution in [2.75, 3.05) is 0 Å². The van der Waals surface area contributed by atoms with Crippen LogP contribution in [0.5, 0.6) is 0 Å². The molecule has 10 aromatic carbocycles. The summed E-state index contributed by atoms with van der Waals surface area (Å²) in [7, 11) is 0. The SMILES string of the molecule is c1cc(-c2nc3ccccc3nc2-c2ccc3oc4ccccc4c3c2)c2ccc(-n3c4ccccc4c4cc5cccc(-n6c7ccccc7c7ccccc76)c5cc43)cc2c1. The van der Waals surface area contributed by atoms with Gasteiger partial charge in [0.1, 0.15) is 11.2 Å². The molecule has 0 bridgehead atoms. The highest BCUT2D eigenvalue weighted by Gasteiger charge is 2.20. The molecule has 0 aliphatic carbocycles. The first kappa shape index (κ1) is 34.2. The molecular formula is C58H34N4O. The van der Waals surface area contributed by atoms with Gasteiger partial charge < -0.3 is 13.6 Å². The summed E-state index contributed by atoms with van der Waals surface area (Å²) in [4.78, 5) is 10.7. The molecule has 0 fully saturated rings. The summed E-state index contributed by atoms with van der Waals surface area (Å²) in [6.45, 7) is 0. The fraction of sp³-hybridized carbons (Fsp3) is 0. The molecule has 0 amide bonds. The van der Waals surface area contributed by atoms with Crippen molar-refractivity contribution in [3.8, 4) is 33.9 Å². The fourth-order valence-corrected chi connectivity index (χ4v) is 10.3. The molecule has 0 aliphatic heterocycles. The van der Waals surface area contributed by atoms with Gasteiger partial charge in [-0.3, -0.25) is 0 Å². The van der Waals surface area contributed by atoms with Crippen LogP contribution in [0.4, 0.5) is 0 Å². The Labute approximate surface area is 360 Å². The molecule has 5 nitrogen and oxygen atoms in total. The zero-order chi connectivity index (χ0) is 41.2. The Kier molecular flexibility index (Phi) is 7.05. The van der Waals surface area contributed by atoms with Gasteiger partial charge in [0.15, 0.2) is 0 Å². The van der Waals surface area contributed by atoms with Gasteiger partial charge in [-0.05, 0) is 101 Å². The molecular weight excluding hydrogens is 769 g/mol.